The Morgan fingerprint density at radius 3 is 2.26 bits per heavy atom. The zero-order chi connectivity index (χ0) is 12.8. The van der Waals surface area contributed by atoms with Crippen LogP contribution in [0.4, 0.5) is 0 Å². The molecule has 1 heterocycles. The van der Waals surface area contributed by atoms with Gasteiger partial charge in [-0.25, -0.2) is 4.57 Å². The first-order chi connectivity index (χ1) is 9.34. The summed E-state index contributed by atoms with van der Waals surface area (Å²) >= 11 is 0. The maximum absolute atomic E-state index is 2.24. The second-order valence-electron chi connectivity index (χ2n) is 5.01. The van der Waals surface area contributed by atoms with Crippen LogP contribution in [0.2, 0.25) is 0 Å². The first-order valence-electron chi connectivity index (χ1n) is 6.53. The summed E-state index contributed by atoms with van der Waals surface area (Å²) in [5, 5.41) is 6.58. The number of rotatable bonds is 0. The number of benzene rings is 3. The van der Waals surface area contributed by atoms with E-state index in [1.165, 1.54) is 32.4 Å². The summed E-state index contributed by atoms with van der Waals surface area (Å²) in [5.41, 5.74) is 1.27. The van der Waals surface area contributed by atoms with Gasteiger partial charge in [0.1, 0.15) is 7.05 Å². The zero-order valence-electron chi connectivity index (χ0n) is 10.8. The molecule has 0 aliphatic heterocycles. The molecule has 0 saturated heterocycles. The molecular weight excluding hydrogens is 230 g/mol. The number of hydrogen-bond donors (Lipinski definition) is 0. The molecule has 4 rings (SSSR count). The van der Waals surface area contributed by atoms with E-state index in [4.69, 9.17) is 0 Å². The van der Waals surface area contributed by atoms with Crippen LogP contribution in [0, 0.1) is 0 Å². The van der Waals surface area contributed by atoms with E-state index >= 15 is 0 Å². The van der Waals surface area contributed by atoms with Crippen molar-refractivity contribution < 1.29 is 4.57 Å². The summed E-state index contributed by atoms with van der Waals surface area (Å²) in [4.78, 5) is 0. The van der Waals surface area contributed by atoms with E-state index < -0.39 is 0 Å². The van der Waals surface area contributed by atoms with Gasteiger partial charge in [-0.3, -0.25) is 0 Å². The Balaban J connectivity index is 2.34. The Bertz CT molecular complexity index is 922. The first kappa shape index (κ1) is 10.5. The molecule has 0 aliphatic rings. The molecule has 0 saturated carbocycles. The molecule has 0 radical (unpaired) electrons. The van der Waals surface area contributed by atoms with E-state index in [9.17, 15) is 0 Å². The smallest absolute Gasteiger partial charge is 0.200 e. The minimum atomic E-state index is 1.27. The number of pyridine rings is 1. The van der Waals surface area contributed by atoms with Gasteiger partial charge in [0.2, 0.25) is 5.52 Å². The van der Waals surface area contributed by atoms with Gasteiger partial charge in [-0.1, -0.05) is 48.5 Å². The van der Waals surface area contributed by atoms with Crippen LogP contribution in [0.3, 0.4) is 0 Å². The number of hydrogen-bond acceptors (Lipinski definition) is 0. The molecule has 90 valence electrons. The van der Waals surface area contributed by atoms with Crippen molar-refractivity contribution in [2.24, 2.45) is 7.05 Å². The van der Waals surface area contributed by atoms with E-state index in [0.29, 0.717) is 0 Å². The minimum absolute atomic E-state index is 1.27. The average molecular weight is 244 g/mol. The highest BCUT2D eigenvalue weighted by molar-refractivity contribution is 6.14. The number of fused-ring (bicyclic) bond motifs is 5. The Morgan fingerprint density at radius 2 is 1.37 bits per heavy atom. The van der Waals surface area contributed by atoms with Crippen molar-refractivity contribution in [3.05, 3.63) is 66.9 Å². The molecule has 1 aromatic heterocycles. The third-order valence-electron chi connectivity index (χ3n) is 3.87. The summed E-state index contributed by atoms with van der Waals surface area (Å²) in [6.07, 6.45) is 2.24. The summed E-state index contributed by atoms with van der Waals surface area (Å²) in [5.74, 6) is 0. The van der Waals surface area contributed by atoms with Gasteiger partial charge in [-0.2, -0.15) is 0 Å². The molecule has 0 N–H and O–H groups in total. The number of nitrogens with zero attached hydrogens (tertiary/aromatic N) is 1. The van der Waals surface area contributed by atoms with Gasteiger partial charge in [0, 0.05) is 11.5 Å². The molecule has 1 nitrogen and oxygen atoms in total. The van der Waals surface area contributed by atoms with Crippen molar-refractivity contribution in [1.82, 2.24) is 0 Å². The van der Waals surface area contributed by atoms with E-state index in [1.807, 2.05) is 0 Å². The highest BCUT2D eigenvalue weighted by atomic mass is 14.9. The molecule has 1 heteroatoms. The molecule has 4 aromatic rings. The number of aromatic nitrogens is 1. The molecule has 19 heavy (non-hydrogen) atoms. The van der Waals surface area contributed by atoms with Gasteiger partial charge in [0.05, 0.1) is 10.8 Å². The summed E-state index contributed by atoms with van der Waals surface area (Å²) in [6, 6.07) is 21.6. The van der Waals surface area contributed by atoms with Crippen LogP contribution in [-0.4, -0.2) is 0 Å². The lowest BCUT2D eigenvalue weighted by atomic mass is 10.0. The third-order valence-corrected chi connectivity index (χ3v) is 3.87. The van der Waals surface area contributed by atoms with Crippen molar-refractivity contribution >= 4 is 32.4 Å². The van der Waals surface area contributed by atoms with Crippen LogP contribution < -0.4 is 4.57 Å². The Kier molecular flexibility index (Phi) is 2.10. The first-order valence-corrected chi connectivity index (χ1v) is 6.53. The van der Waals surface area contributed by atoms with Crippen molar-refractivity contribution in [2.45, 2.75) is 0 Å². The Morgan fingerprint density at radius 1 is 0.632 bits per heavy atom. The fourth-order valence-electron chi connectivity index (χ4n) is 2.94. The highest BCUT2D eigenvalue weighted by Gasteiger charge is 2.11. The molecule has 3 aromatic carbocycles. The van der Waals surface area contributed by atoms with Crippen LogP contribution in [0.15, 0.2) is 66.9 Å². The van der Waals surface area contributed by atoms with Crippen LogP contribution in [-0.2, 0) is 7.05 Å². The van der Waals surface area contributed by atoms with Gasteiger partial charge in [-0.05, 0) is 16.8 Å². The third kappa shape index (κ3) is 1.45. The largest absolute Gasteiger partial charge is 0.212 e. The van der Waals surface area contributed by atoms with Crippen LogP contribution >= 0.6 is 0 Å². The highest BCUT2D eigenvalue weighted by Crippen LogP contribution is 2.28. The molecule has 0 fully saturated rings. The quantitative estimate of drug-likeness (QED) is 0.325. The van der Waals surface area contributed by atoms with E-state index in [-0.39, 0.29) is 0 Å². The van der Waals surface area contributed by atoms with Crippen molar-refractivity contribution in [3.8, 4) is 0 Å². The Hall–Kier alpha value is -2.41. The lowest BCUT2D eigenvalue weighted by molar-refractivity contribution is -0.643. The van der Waals surface area contributed by atoms with E-state index in [2.05, 4.69) is 78.5 Å². The van der Waals surface area contributed by atoms with Crippen LogP contribution in [0.25, 0.3) is 32.4 Å². The van der Waals surface area contributed by atoms with Gasteiger partial charge >= 0.3 is 0 Å². The average Bonchev–Trinajstić information content (AvgIpc) is 2.47. The normalized spacial score (nSPS) is 11.4. The van der Waals surface area contributed by atoms with Gasteiger partial charge in [-0.15, -0.1) is 0 Å². The van der Waals surface area contributed by atoms with E-state index in [1.54, 1.807) is 0 Å². The van der Waals surface area contributed by atoms with Crippen molar-refractivity contribution in [2.75, 3.05) is 0 Å². The van der Waals surface area contributed by atoms with E-state index in [0.717, 1.165) is 0 Å². The lowest BCUT2D eigenvalue weighted by Gasteiger charge is -2.05. The predicted molar refractivity (Wildman–Crippen MR) is 80.1 cm³/mol. The molecule has 0 bridgehead atoms. The van der Waals surface area contributed by atoms with Crippen molar-refractivity contribution in [3.63, 3.8) is 0 Å². The maximum atomic E-state index is 2.24. The molecule has 0 unspecified atom stereocenters. The van der Waals surface area contributed by atoms with Crippen LogP contribution in [0.1, 0.15) is 0 Å². The standard InChI is InChI=1S/C18H14N/c1-19-12-17-14-7-3-2-6-13(14)10-11-15(17)16-8-4-5-9-18(16)19/h2-12H,1H3/q+1. The molecular formula is C18H14N+. The fourth-order valence-corrected chi connectivity index (χ4v) is 2.94. The summed E-state index contributed by atoms with van der Waals surface area (Å²) < 4.78 is 2.21. The number of aryl methyl sites for hydroxylation is 1. The minimum Gasteiger partial charge on any atom is -0.200 e. The predicted octanol–water partition coefficient (Wildman–Crippen LogP) is 3.97. The SMILES string of the molecule is C[n+]1cc2c3ccccc3ccc2c2ccccc21. The van der Waals surface area contributed by atoms with Crippen molar-refractivity contribution in [1.29, 1.82) is 0 Å². The zero-order valence-corrected chi connectivity index (χ0v) is 10.8. The van der Waals surface area contributed by atoms with Gasteiger partial charge in [0.15, 0.2) is 6.20 Å². The van der Waals surface area contributed by atoms with Gasteiger partial charge < -0.3 is 0 Å². The molecule has 0 spiro atoms. The molecule has 0 aliphatic carbocycles. The van der Waals surface area contributed by atoms with Gasteiger partial charge in [0.25, 0.3) is 0 Å². The molecule has 0 atom stereocenters. The fraction of sp³-hybridized carbons (Fsp3) is 0.0556. The maximum Gasteiger partial charge on any atom is 0.212 e. The molecule has 0 amide bonds. The number of para-hydroxylation sites is 1. The second-order valence-corrected chi connectivity index (χ2v) is 5.01. The summed E-state index contributed by atoms with van der Waals surface area (Å²) in [7, 11) is 2.11. The lowest BCUT2D eigenvalue weighted by Crippen LogP contribution is -2.28. The summed E-state index contributed by atoms with van der Waals surface area (Å²) in [6.45, 7) is 0. The monoisotopic (exact) mass is 244 g/mol. The second kappa shape index (κ2) is 3.79. The topological polar surface area (TPSA) is 3.88 Å². The van der Waals surface area contributed by atoms with Crippen LogP contribution in [0.5, 0.6) is 0 Å². The Labute approximate surface area is 111 Å².